The Hall–Kier alpha value is -1.45. The van der Waals surface area contributed by atoms with E-state index in [4.69, 9.17) is 0 Å². The van der Waals surface area contributed by atoms with Crippen molar-refractivity contribution in [3.8, 4) is 0 Å². The number of hydrogen-bond donors (Lipinski definition) is 1. The van der Waals surface area contributed by atoms with Gasteiger partial charge in [0.15, 0.2) is 0 Å². The van der Waals surface area contributed by atoms with Gasteiger partial charge in [0.2, 0.25) is 0 Å². The summed E-state index contributed by atoms with van der Waals surface area (Å²) in [5.41, 5.74) is -9.03. The van der Waals surface area contributed by atoms with Crippen LogP contribution in [0.15, 0.2) is 12.1 Å². The fourth-order valence-corrected chi connectivity index (χ4v) is 1.95. The molecule has 0 aliphatic carbocycles. The summed E-state index contributed by atoms with van der Waals surface area (Å²) in [5, 5.41) is 9.41. The monoisotopic (exact) mass is 340 g/mol. The lowest BCUT2D eigenvalue weighted by atomic mass is 9.91. The lowest BCUT2D eigenvalue weighted by molar-refractivity contribution is -0.175. The highest BCUT2D eigenvalue weighted by atomic mass is 19.4. The molecule has 1 N–H and O–H groups in total. The van der Waals surface area contributed by atoms with Crippen molar-refractivity contribution in [2.24, 2.45) is 0 Å². The number of rotatable bonds is 2. The van der Waals surface area contributed by atoms with Crippen molar-refractivity contribution in [3.05, 3.63) is 34.4 Å². The number of aliphatic hydroxyl groups excluding tert-OH is 1. The van der Waals surface area contributed by atoms with Crippen molar-refractivity contribution in [3.63, 3.8) is 0 Å². The second-order valence-electron chi connectivity index (χ2n) is 4.37. The second kappa shape index (κ2) is 5.64. The molecule has 1 nitrogen and oxygen atoms in total. The van der Waals surface area contributed by atoms with Crippen molar-refractivity contribution in [1.29, 1.82) is 0 Å². The Balaban J connectivity index is 3.92. The van der Waals surface area contributed by atoms with E-state index in [-0.39, 0.29) is 12.1 Å². The van der Waals surface area contributed by atoms with Gasteiger partial charge in [0, 0.05) is 0 Å². The van der Waals surface area contributed by atoms with Crippen LogP contribution in [0.5, 0.6) is 0 Å². The molecule has 0 saturated carbocycles. The number of halogens is 9. The van der Waals surface area contributed by atoms with Crippen molar-refractivity contribution in [2.45, 2.75) is 38.0 Å². The maximum Gasteiger partial charge on any atom is 0.417 e. The van der Waals surface area contributed by atoms with Crippen LogP contribution in [0, 0.1) is 0 Å². The van der Waals surface area contributed by atoms with Gasteiger partial charge in [0.1, 0.15) is 0 Å². The first kappa shape index (κ1) is 18.6. The molecule has 0 amide bonds. The van der Waals surface area contributed by atoms with E-state index in [0.717, 1.165) is 0 Å². The molecule has 0 bridgehead atoms. The van der Waals surface area contributed by atoms with Crippen molar-refractivity contribution < 1.29 is 44.6 Å². The fraction of sp³-hybridized carbons (Fsp3) is 0.500. The maximum absolute atomic E-state index is 12.9. The van der Waals surface area contributed by atoms with Gasteiger partial charge in [-0.3, -0.25) is 0 Å². The molecule has 0 fully saturated rings. The van der Waals surface area contributed by atoms with Gasteiger partial charge >= 0.3 is 18.5 Å². The van der Waals surface area contributed by atoms with Gasteiger partial charge in [-0.25, -0.2) is 0 Å². The number of hydrogen-bond acceptors (Lipinski definition) is 1. The maximum atomic E-state index is 12.9. The Labute approximate surface area is 118 Å². The van der Waals surface area contributed by atoms with Crippen LogP contribution in [-0.2, 0) is 18.5 Å². The fourth-order valence-electron chi connectivity index (χ4n) is 1.95. The summed E-state index contributed by atoms with van der Waals surface area (Å²) in [6.45, 7) is 1.18. The van der Waals surface area contributed by atoms with E-state index in [1.54, 1.807) is 0 Å². The number of benzene rings is 1. The van der Waals surface area contributed by atoms with Crippen LogP contribution in [0.3, 0.4) is 0 Å². The Bertz CT molecular complexity index is 539. The van der Waals surface area contributed by atoms with Gasteiger partial charge in [0.05, 0.1) is 22.8 Å². The number of alkyl halides is 9. The summed E-state index contributed by atoms with van der Waals surface area (Å²) >= 11 is 0. The third-order valence-corrected chi connectivity index (χ3v) is 2.86. The van der Waals surface area contributed by atoms with Crippen LogP contribution < -0.4 is 0 Å². The van der Waals surface area contributed by atoms with Crippen molar-refractivity contribution in [1.82, 2.24) is 0 Å². The van der Waals surface area contributed by atoms with Gasteiger partial charge in [-0.15, -0.1) is 0 Å². The third-order valence-electron chi connectivity index (χ3n) is 2.86. The molecule has 126 valence electrons. The second-order valence-corrected chi connectivity index (χ2v) is 4.37. The molecule has 1 atom stereocenters. The Morgan fingerprint density at radius 3 is 1.59 bits per heavy atom. The van der Waals surface area contributed by atoms with Crippen LogP contribution >= 0.6 is 0 Å². The minimum absolute atomic E-state index is 0.105. The molecule has 1 aromatic carbocycles. The predicted octanol–water partition coefficient (Wildman–Crippen LogP) is 5.19. The lowest BCUT2D eigenvalue weighted by Crippen LogP contribution is -2.25. The summed E-state index contributed by atoms with van der Waals surface area (Å²) in [6.07, 6.45) is -19.6. The molecule has 0 spiro atoms. The van der Waals surface area contributed by atoms with E-state index >= 15 is 0 Å². The molecule has 0 saturated heterocycles. The van der Waals surface area contributed by atoms with Gasteiger partial charge in [-0.2, -0.15) is 39.5 Å². The summed E-state index contributed by atoms with van der Waals surface area (Å²) in [5.74, 6) is 0. The van der Waals surface area contributed by atoms with Crippen LogP contribution in [0.2, 0.25) is 0 Å². The zero-order valence-electron chi connectivity index (χ0n) is 10.8. The molecule has 1 unspecified atom stereocenters. The van der Waals surface area contributed by atoms with Gasteiger partial charge < -0.3 is 5.11 Å². The van der Waals surface area contributed by atoms with E-state index < -0.39 is 53.3 Å². The summed E-state index contributed by atoms with van der Waals surface area (Å²) in [4.78, 5) is 0. The molecule has 0 aromatic heterocycles. The van der Waals surface area contributed by atoms with E-state index in [2.05, 4.69) is 0 Å². The molecule has 0 heterocycles. The average Bonchev–Trinajstić information content (AvgIpc) is 2.32. The topological polar surface area (TPSA) is 20.2 Å². The highest BCUT2D eigenvalue weighted by Gasteiger charge is 2.51. The zero-order chi connectivity index (χ0) is 17.5. The minimum atomic E-state index is -5.89. The highest BCUT2D eigenvalue weighted by Crippen LogP contribution is 2.49. The lowest BCUT2D eigenvalue weighted by Gasteiger charge is -2.24. The SMILES string of the molecule is CCC(O)c1ccc(C(F)(F)F)c(C(F)(F)F)c1C(F)(F)F. The molecule has 22 heavy (non-hydrogen) atoms. The number of aliphatic hydroxyl groups is 1. The summed E-state index contributed by atoms with van der Waals surface area (Å²) in [6, 6.07) is 0.112. The van der Waals surface area contributed by atoms with Crippen molar-refractivity contribution >= 4 is 0 Å². The standard InChI is InChI=1S/C12H9F9O/c1-2-7(22)5-3-4-6(10(13,14)15)9(12(19,20)21)8(5)11(16,17)18/h3-4,7,22H,2H2,1H3. The smallest absolute Gasteiger partial charge is 0.388 e. The molecule has 10 heteroatoms. The van der Waals surface area contributed by atoms with E-state index in [1.807, 2.05) is 0 Å². The quantitative estimate of drug-likeness (QED) is 0.735. The van der Waals surface area contributed by atoms with E-state index in [0.29, 0.717) is 0 Å². The molecule has 0 radical (unpaired) electrons. The first-order valence-electron chi connectivity index (χ1n) is 5.77. The molecule has 0 aliphatic rings. The highest BCUT2D eigenvalue weighted by molar-refractivity contribution is 5.47. The molecule has 1 rings (SSSR count). The van der Waals surface area contributed by atoms with E-state index in [1.165, 1.54) is 6.92 Å². The average molecular weight is 340 g/mol. The van der Waals surface area contributed by atoms with Gasteiger partial charge in [0.25, 0.3) is 0 Å². The van der Waals surface area contributed by atoms with Gasteiger partial charge in [-0.05, 0) is 18.1 Å². The minimum Gasteiger partial charge on any atom is -0.388 e. The Kier molecular flexibility index (Phi) is 4.76. The molecular formula is C12H9F9O. The van der Waals surface area contributed by atoms with E-state index in [9.17, 15) is 44.6 Å². The van der Waals surface area contributed by atoms with Crippen LogP contribution in [0.1, 0.15) is 41.7 Å². The van der Waals surface area contributed by atoms with Crippen molar-refractivity contribution in [2.75, 3.05) is 0 Å². The summed E-state index contributed by atoms with van der Waals surface area (Å²) in [7, 11) is 0. The third kappa shape index (κ3) is 3.65. The van der Waals surface area contributed by atoms with Crippen LogP contribution in [0.4, 0.5) is 39.5 Å². The first-order valence-corrected chi connectivity index (χ1v) is 5.77. The molecule has 0 aliphatic heterocycles. The summed E-state index contributed by atoms with van der Waals surface area (Å²) < 4.78 is 115. The van der Waals surface area contributed by atoms with Crippen LogP contribution in [-0.4, -0.2) is 5.11 Å². The first-order chi connectivity index (χ1) is 9.71. The molecular weight excluding hydrogens is 331 g/mol. The molecule has 1 aromatic rings. The zero-order valence-corrected chi connectivity index (χ0v) is 10.8. The predicted molar refractivity (Wildman–Crippen MR) is 56.7 cm³/mol. The Morgan fingerprint density at radius 1 is 0.818 bits per heavy atom. The Morgan fingerprint density at radius 2 is 1.27 bits per heavy atom. The largest absolute Gasteiger partial charge is 0.417 e. The van der Waals surface area contributed by atoms with Crippen LogP contribution in [0.25, 0.3) is 0 Å². The normalized spacial score (nSPS) is 15.0. The van der Waals surface area contributed by atoms with Gasteiger partial charge in [-0.1, -0.05) is 13.0 Å².